The van der Waals surface area contributed by atoms with E-state index in [0.717, 1.165) is 16.8 Å². The van der Waals surface area contributed by atoms with Crippen LogP contribution in [0.4, 0.5) is 5.69 Å². The van der Waals surface area contributed by atoms with Crippen LogP contribution >= 0.6 is 0 Å². The Hall–Kier alpha value is -2.66. The summed E-state index contributed by atoms with van der Waals surface area (Å²) in [6.45, 7) is 4.97. The van der Waals surface area contributed by atoms with E-state index in [1.807, 2.05) is 62.4 Å². The molecule has 2 aromatic carbocycles. The molecule has 3 rings (SSSR count). The van der Waals surface area contributed by atoms with E-state index in [1.54, 1.807) is 4.90 Å². The molecule has 0 aromatic heterocycles. The first-order valence-corrected chi connectivity index (χ1v) is 9.33. The van der Waals surface area contributed by atoms with Crippen molar-refractivity contribution in [3.63, 3.8) is 0 Å². The summed E-state index contributed by atoms with van der Waals surface area (Å²) in [5, 5.41) is 2.93. The predicted octanol–water partition coefficient (Wildman–Crippen LogP) is 2.78. The van der Waals surface area contributed by atoms with Crippen LogP contribution in [0.3, 0.4) is 0 Å². The lowest BCUT2D eigenvalue weighted by atomic mass is 10.1. The number of aryl methyl sites for hydroxylation is 3. The molecule has 1 saturated heterocycles. The van der Waals surface area contributed by atoms with Crippen LogP contribution in [0, 0.1) is 13.8 Å². The zero-order valence-corrected chi connectivity index (χ0v) is 15.9. The molecular weight excluding hydrogens is 340 g/mol. The summed E-state index contributed by atoms with van der Waals surface area (Å²) < 4.78 is 5.60. The number of nitrogens with one attached hydrogen (secondary N) is 1. The lowest BCUT2D eigenvalue weighted by Crippen LogP contribution is -2.50. The molecule has 5 heteroatoms. The molecule has 0 bridgehead atoms. The molecule has 1 heterocycles. The molecular formula is C22H26N2O3. The topological polar surface area (TPSA) is 58.6 Å². The minimum atomic E-state index is -0.204. The lowest BCUT2D eigenvalue weighted by Gasteiger charge is -2.33. The quantitative estimate of drug-likeness (QED) is 0.855. The monoisotopic (exact) mass is 366 g/mol. The molecule has 142 valence electrons. The molecule has 0 aliphatic carbocycles. The van der Waals surface area contributed by atoms with Crippen molar-refractivity contribution in [1.29, 1.82) is 0 Å². The van der Waals surface area contributed by atoms with Crippen LogP contribution in [0.5, 0.6) is 0 Å². The van der Waals surface area contributed by atoms with E-state index in [1.165, 1.54) is 5.56 Å². The molecule has 1 aliphatic rings. The van der Waals surface area contributed by atoms with E-state index in [9.17, 15) is 9.59 Å². The van der Waals surface area contributed by atoms with Gasteiger partial charge in [-0.05, 0) is 49.1 Å². The highest BCUT2D eigenvalue weighted by Crippen LogP contribution is 2.21. The van der Waals surface area contributed by atoms with E-state index in [0.29, 0.717) is 25.9 Å². The van der Waals surface area contributed by atoms with Gasteiger partial charge in [-0.25, -0.2) is 0 Å². The van der Waals surface area contributed by atoms with E-state index < -0.39 is 0 Å². The Morgan fingerprint density at radius 2 is 1.93 bits per heavy atom. The third-order valence-corrected chi connectivity index (χ3v) is 4.94. The number of carbonyl (C=O) groups is 2. The molecule has 27 heavy (non-hydrogen) atoms. The summed E-state index contributed by atoms with van der Waals surface area (Å²) in [5.41, 5.74) is 4.37. The van der Waals surface area contributed by atoms with Crippen molar-refractivity contribution < 1.29 is 14.3 Å². The summed E-state index contributed by atoms with van der Waals surface area (Å²) >= 11 is 0. The number of nitrogens with zero attached hydrogens (tertiary/aromatic N) is 1. The molecule has 0 saturated carbocycles. The maximum atomic E-state index is 12.2. The number of anilines is 1. The van der Waals surface area contributed by atoms with Gasteiger partial charge in [-0.2, -0.15) is 0 Å². The standard InChI is InChI=1S/C22H26N2O3/c1-16-8-10-19(12-17(16)2)24-14-20(27-15-22(24)26)13-23-21(25)11-9-18-6-4-3-5-7-18/h3-8,10,12,20H,9,11,13-15H2,1-2H3,(H,23,25). The van der Waals surface area contributed by atoms with Gasteiger partial charge in [0.1, 0.15) is 6.61 Å². The van der Waals surface area contributed by atoms with E-state index >= 15 is 0 Å². The minimum Gasteiger partial charge on any atom is -0.365 e. The SMILES string of the molecule is Cc1ccc(N2CC(CNC(=O)CCc3ccccc3)OCC2=O)cc1C. The molecule has 5 nitrogen and oxygen atoms in total. The number of morpholine rings is 1. The fraction of sp³-hybridized carbons (Fsp3) is 0.364. The highest BCUT2D eigenvalue weighted by Gasteiger charge is 2.27. The van der Waals surface area contributed by atoms with Crippen LogP contribution in [0.15, 0.2) is 48.5 Å². The molecule has 2 aromatic rings. The second-order valence-corrected chi connectivity index (χ2v) is 7.00. The molecule has 1 unspecified atom stereocenters. The first-order chi connectivity index (χ1) is 13.0. The molecule has 2 amide bonds. The third-order valence-electron chi connectivity index (χ3n) is 4.94. The van der Waals surface area contributed by atoms with Crippen LogP contribution in [0.25, 0.3) is 0 Å². The largest absolute Gasteiger partial charge is 0.365 e. The minimum absolute atomic E-state index is 0.00270. The molecule has 1 N–H and O–H groups in total. The van der Waals surface area contributed by atoms with Gasteiger partial charge in [0, 0.05) is 18.7 Å². The summed E-state index contributed by atoms with van der Waals surface area (Å²) in [6.07, 6.45) is 0.951. The van der Waals surface area contributed by atoms with Gasteiger partial charge >= 0.3 is 0 Å². The Kier molecular flexibility index (Phi) is 6.24. The van der Waals surface area contributed by atoms with Gasteiger partial charge < -0.3 is 15.0 Å². The number of rotatable bonds is 6. The van der Waals surface area contributed by atoms with E-state index in [4.69, 9.17) is 4.74 Å². The normalized spacial score (nSPS) is 17.0. The van der Waals surface area contributed by atoms with Gasteiger partial charge in [-0.3, -0.25) is 9.59 Å². The zero-order valence-electron chi connectivity index (χ0n) is 15.9. The lowest BCUT2D eigenvalue weighted by molar-refractivity contribution is -0.129. The van der Waals surface area contributed by atoms with Crippen LogP contribution in [-0.4, -0.2) is 37.6 Å². The molecule has 1 fully saturated rings. The van der Waals surface area contributed by atoms with E-state index in [-0.39, 0.29) is 24.5 Å². The van der Waals surface area contributed by atoms with Crippen molar-refractivity contribution in [2.24, 2.45) is 0 Å². The average Bonchev–Trinajstić information content (AvgIpc) is 2.68. The summed E-state index contributed by atoms with van der Waals surface area (Å²) in [4.78, 5) is 26.1. The van der Waals surface area contributed by atoms with Gasteiger partial charge in [-0.15, -0.1) is 0 Å². The summed E-state index contributed by atoms with van der Waals surface area (Å²) in [6, 6.07) is 16.0. The van der Waals surface area contributed by atoms with E-state index in [2.05, 4.69) is 5.32 Å². The number of hydrogen-bond donors (Lipinski definition) is 1. The first-order valence-electron chi connectivity index (χ1n) is 9.33. The Morgan fingerprint density at radius 3 is 2.67 bits per heavy atom. The summed E-state index contributed by atoms with van der Waals surface area (Å²) in [5.74, 6) is -0.0537. The second-order valence-electron chi connectivity index (χ2n) is 7.00. The maximum Gasteiger partial charge on any atom is 0.253 e. The second kappa shape index (κ2) is 8.82. The van der Waals surface area contributed by atoms with Gasteiger partial charge in [0.15, 0.2) is 0 Å². The Morgan fingerprint density at radius 1 is 1.15 bits per heavy atom. The first kappa shape index (κ1) is 19.1. The fourth-order valence-electron chi connectivity index (χ4n) is 3.11. The van der Waals surface area contributed by atoms with Crippen molar-refractivity contribution in [1.82, 2.24) is 5.32 Å². The van der Waals surface area contributed by atoms with Crippen molar-refractivity contribution in [3.05, 3.63) is 65.2 Å². The molecule has 1 atom stereocenters. The number of benzene rings is 2. The van der Waals surface area contributed by atoms with Gasteiger partial charge in [0.2, 0.25) is 5.91 Å². The maximum absolute atomic E-state index is 12.2. The predicted molar refractivity (Wildman–Crippen MR) is 106 cm³/mol. The highest BCUT2D eigenvalue weighted by atomic mass is 16.5. The highest BCUT2D eigenvalue weighted by molar-refractivity contribution is 5.95. The average molecular weight is 366 g/mol. The van der Waals surface area contributed by atoms with Crippen LogP contribution in [-0.2, 0) is 20.7 Å². The Labute approximate surface area is 160 Å². The zero-order chi connectivity index (χ0) is 19.2. The van der Waals surface area contributed by atoms with Crippen LogP contribution < -0.4 is 10.2 Å². The van der Waals surface area contributed by atoms with Crippen molar-refractivity contribution >= 4 is 17.5 Å². The third kappa shape index (κ3) is 5.17. The fourth-order valence-corrected chi connectivity index (χ4v) is 3.11. The van der Waals surface area contributed by atoms with Crippen molar-refractivity contribution in [2.75, 3.05) is 24.6 Å². The molecule has 0 spiro atoms. The number of carbonyl (C=O) groups excluding carboxylic acids is 2. The van der Waals surface area contributed by atoms with Crippen molar-refractivity contribution in [3.8, 4) is 0 Å². The van der Waals surface area contributed by atoms with Crippen LogP contribution in [0.2, 0.25) is 0 Å². The smallest absolute Gasteiger partial charge is 0.253 e. The van der Waals surface area contributed by atoms with Gasteiger partial charge in [0.05, 0.1) is 12.6 Å². The summed E-state index contributed by atoms with van der Waals surface area (Å²) in [7, 11) is 0. The number of hydrogen-bond acceptors (Lipinski definition) is 3. The Balaban J connectivity index is 1.51. The molecule has 1 aliphatic heterocycles. The Bertz CT molecular complexity index is 804. The number of ether oxygens (including phenoxy) is 1. The van der Waals surface area contributed by atoms with Crippen LogP contribution in [0.1, 0.15) is 23.1 Å². The van der Waals surface area contributed by atoms with Crippen molar-refractivity contribution in [2.45, 2.75) is 32.8 Å². The number of amides is 2. The van der Waals surface area contributed by atoms with Gasteiger partial charge in [-0.1, -0.05) is 36.4 Å². The van der Waals surface area contributed by atoms with Gasteiger partial charge in [0.25, 0.3) is 5.91 Å². The molecule has 0 radical (unpaired) electrons.